The van der Waals surface area contributed by atoms with Gasteiger partial charge in [-0.3, -0.25) is 0 Å². The minimum Gasteiger partial charge on any atom is -0.381 e. The number of hydrogen-bond donors (Lipinski definition) is 1. The zero-order chi connectivity index (χ0) is 9.73. The summed E-state index contributed by atoms with van der Waals surface area (Å²) in [5.74, 6) is 0. The molecule has 0 atom stereocenters. The van der Waals surface area contributed by atoms with Gasteiger partial charge in [-0.05, 0) is 33.1 Å². The first kappa shape index (κ1) is 11.0. The maximum Gasteiger partial charge on any atom is 0.0480 e. The second-order valence-corrected chi connectivity index (χ2v) is 4.66. The molecule has 0 aromatic carbocycles. The Balaban J connectivity index is 2.28. The van der Waals surface area contributed by atoms with Crippen LogP contribution in [0.15, 0.2) is 0 Å². The van der Waals surface area contributed by atoms with Crippen LogP contribution in [0.2, 0.25) is 0 Å². The molecule has 1 rings (SSSR count). The molecule has 1 aliphatic heterocycles. The quantitative estimate of drug-likeness (QED) is 0.726. The predicted octanol–water partition coefficient (Wildman–Crippen LogP) is 2.33. The van der Waals surface area contributed by atoms with Crippen LogP contribution in [0, 0.1) is 0 Å². The summed E-state index contributed by atoms with van der Waals surface area (Å²) in [5, 5.41) is 3.72. The molecule has 1 saturated heterocycles. The molecule has 1 N–H and O–H groups in total. The lowest BCUT2D eigenvalue weighted by Gasteiger charge is -2.33. The van der Waals surface area contributed by atoms with E-state index >= 15 is 0 Å². The summed E-state index contributed by atoms with van der Waals surface area (Å²) in [6, 6.07) is 0.676. The zero-order valence-corrected chi connectivity index (χ0v) is 9.23. The SMILES string of the molecule is CCCC(C)(C)NC1CCOCC1. The number of rotatable bonds is 4. The molecule has 0 amide bonds. The van der Waals surface area contributed by atoms with Gasteiger partial charge in [-0.2, -0.15) is 0 Å². The Kier molecular flexibility index (Phi) is 4.20. The van der Waals surface area contributed by atoms with Gasteiger partial charge in [0.05, 0.1) is 0 Å². The van der Waals surface area contributed by atoms with Crippen LogP contribution >= 0.6 is 0 Å². The highest BCUT2D eigenvalue weighted by atomic mass is 16.5. The summed E-state index contributed by atoms with van der Waals surface area (Å²) in [5.41, 5.74) is 0.302. The van der Waals surface area contributed by atoms with Gasteiger partial charge in [-0.25, -0.2) is 0 Å². The fourth-order valence-electron chi connectivity index (χ4n) is 2.09. The lowest BCUT2D eigenvalue weighted by Crippen LogP contribution is -2.47. The highest BCUT2D eigenvalue weighted by Crippen LogP contribution is 2.16. The Bertz CT molecular complexity index is 139. The Morgan fingerprint density at radius 3 is 2.46 bits per heavy atom. The summed E-state index contributed by atoms with van der Waals surface area (Å²) in [6.07, 6.45) is 4.86. The van der Waals surface area contributed by atoms with E-state index in [4.69, 9.17) is 4.74 Å². The zero-order valence-electron chi connectivity index (χ0n) is 9.23. The van der Waals surface area contributed by atoms with Crippen molar-refractivity contribution in [2.24, 2.45) is 0 Å². The average Bonchev–Trinajstić information content (AvgIpc) is 2.04. The van der Waals surface area contributed by atoms with Crippen molar-refractivity contribution >= 4 is 0 Å². The van der Waals surface area contributed by atoms with Crippen molar-refractivity contribution in [2.45, 2.75) is 58.0 Å². The standard InChI is InChI=1S/C11H23NO/c1-4-7-11(2,3)12-10-5-8-13-9-6-10/h10,12H,4-9H2,1-3H3. The first-order chi connectivity index (χ1) is 6.14. The Labute approximate surface area is 82.0 Å². The molecule has 0 radical (unpaired) electrons. The summed E-state index contributed by atoms with van der Waals surface area (Å²) in [7, 11) is 0. The third-order valence-corrected chi connectivity index (χ3v) is 2.69. The summed E-state index contributed by atoms with van der Waals surface area (Å²) in [6.45, 7) is 8.70. The van der Waals surface area contributed by atoms with Crippen molar-refractivity contribution < 1.29 is 4.74 Å². The van der Waals surface area contributed by atoms with Crippen LogP contribution in [-0.4, -0.2) is 24.8 Å². The molecular weight excluding hydrogens is 162 g/mol. The van der Waals surface area contributed by atoms with Gasteiger partial charge in [0.2, 0.25) is 0 Å². The topological polar surface area (TPSA) is 21.3 Å². The second kappa shape index (κ2) is 4.97. The lowest BCUT2D eigenvalue weighted by atomic mass is 9.96. The number of ether oxygens (including phenoxy) is 1. The van der Waals surface area contributed by atoms with Gasteiger partial charge in [-0.1, -0.05) is 13.3 Å². The van der Waals surface area contributed by atoms with Crippen LogP contribution in [0.3, 0.4) is 0 Å². The fraction of sp³-hybridized carbons (Fsp3) is 1.00. The monoisotopic (exact) mass is 185 g/mol. The molecule has 1 heterocycles. The van der Waals surface area contributed by atoms with Crippen LogP contribution in [0.4, 0.5) is 0 Å². The highest BCUT2D eigenvalue weighted by Gasteiger charge is 2.22. The van der Waals surface area contributed by atoms with E-state index in [1.807, 2.05) is 0 Å². The van der Waals surface area contributed by atoms with Crippen molar-refractivity contribution in [3.05, 3.63) is 0 Å². The van der Waals surface area contributed by atoms with Crippen LogP contribution < -0.4 is 5.32 Å². The van der Waals surface area contributed by atoms with E-state index in [9.17, 15) is 0 Å². The van der Waals surface area contributed by atoms with Gasteiger partial charge in [0.15, 0.2) is 0 Å². The maximum atomic E-state index is 5.33. The molecule has 78 valence electrons. The normalized spacial score (nSPS) is 20.5. The molecule has 0 unspecified atom stereocenters. The first-order valence-electron chi connectivity index (χ1n) is 5.49. The molecular formula is C11H23NO. The smallest absolute Gasteiger partial charge is 0.0480 e. The van der Waals surface area contributed by atoms with E-state index in [1.165, 1.54) is 25.7 Å². The van der Waals surface area contributed by atoms with E-state index in [0.29, 0.717) is 11.6 Å². The molecule has 0 spiro atoms. The number of nitrogens with one attached hydrogen (secondary N) is 1. The van der Waals surface area contributed by atoms with Gasteiger partial charge in [0.25, 0.3) is 0 Å². The van der Waals surface area contributed by atoms with Crippen molar-refractivity contribution in [3.63, 3.8) is 0 Å². The van der Waals surface area contributed by atoms with Crippen molar-refractivity contribution in [2.75, 3.05) is 13.2 Å². The summed E-state index contributed by atoms with van der Waals surface area (Å²) >= 11 is 0. The van der Waals surface area contributed by atoms with Crippen LogP contribution in [-0.2, 0) is 4.74 Å². The molecule has 0 aromatic heterocycles. The van der Waals surface area contributed by atoms with E-state index in [2.05, 4.69) is 26.1 Å². The molecule has 13 heavy (non-hydrogen) atoms. The third-order valence-electron chi connectivity index (χ3n) is 2.69. The van der Waals surface area contributed by atoms with Crippen molar-refractivity contribution in [1.82, 2.24) is 5.32 Å². The molecule has 2 nitrogen and oxygen atoms in total. The second-order valence-electron chi connectivity index (χ2n) is 4.66. The molecule has 2 heteroatoms. The van der Waals surface area contributed by atoms with Crippen LogP contribution in [0.1, 0.15) is 46.5 Å². The average molecular weight is 185 g/mol. The molecule has 0 aliphatic carbocycles. The van der Waals surface area contributed by atoms with Crippen molar-refractivity contribution in [3.8, 4) is 0 Å². The molecule has 0 saturated carbocycles. The summed E-state index contributed by atoms with van der Waals surface area (Å²) in [4.78, 5) is 0. The minimum atomic E-state index is 0.302. The highest BCUT2D eigenvalue weighted by molar-refractivity contribution is 4.82. The molecule has 1 aliphatic rings. The molecule has 1 fully saturated rings. The van der Waals surface area contributed by atoms with Crippen LogP contribution in [0.5, 0.6) is 0 Å². The molecule has 0 bridgehead atoms. The van der Waals surface area contributed by atoms with Gasteiger partial charge < -0.3 is 10.1 Å². The Hall–Kier alpha value is -0.0800. The Morgan fingerprint density at radius 1 is 1.31 bits per heavy atom. The minimum absolute atomic E-state index is 0.302. The fourth-order valence-corrected chi connectivity index (χ4v) is 2.09. The van der Waals surface area contributed by atoms with Gasteiger partial charge in [0.1, 0.15) is 0 Å². The van der Waals surface area contributed by atoms with Gasteiger partial charge in [-0.15, -0.1) is 0 Å². The first-order valence-corrected chi connectivity index (χ1v) is 5.49. The molecule has 0 aromatic rings. The lowest BCUT2D eigenvalue weighted by molar-refractivity contribution is 0.0694. The van der Waals surface area contributed by atoms with Gasteiger partial charge >= 0.3 is 0 Å². The van der Waals surface area contributed by atoms with Crippen LogP contribution in [0.25, 0.3) is 0 Å². The number of hydrogen-bond acceptors (Lipinski definition) is 2. The third kappa shape index (κ3) is 4.10. The van der Waals surface area contributed by atoms with E-state index in [1.54, 1.807) is 0 Å². The predicted molar refractivity (Wildman–Crippen MR) is 56.0 cm³/mol. The van der Waals surface area contributed by atoms with Crippen molar-refractivity contribution in [1.29, 1.82) is 0 Å². The largest absolute Gasteiger partial charge is 0.381 e. The van der Waals surface area contributed by atoms with E-state index in [-0.39, 0.29) is 0 Å². The van der Waals surface area contributed by atoms with Gasteiger partial charge in [0, 0.05) is 24.8 Å². The summed E-state index contributed by atoms with van der Waals surface area (Å²) < 4.78 is 5.33. The maximum absolute atomic E-state index is 5.33. The van der Waals surface area contributed by atoms with E-state index < -0.39 is 0 Å². The van der Waals surface area contributed by atoms with E-state index in [0.717, 1.165) is 13.2 Å². The Morgan fingerprint density at radius 2 is 1.92 bits per heavy atom.